The van der Waals surface area contributed by atoms with Crippen LogP contribution in [-0.2, 0) is 6.42 Å². The molecule has 1 aliphatic carbocycles. The maximum absolute atomic E-state index is 6.10. The van der Waals surface area contributed by atoms with Crippen LogP contribution in [-0.4, -0.2) is 5.54 Å². The monoisotopic (exact) mass is 221 g/mol. The molecule has 2 heteroatoms. The molecule has 1 aliphatic rings. The Balaban J connectivity index is 2.44. The van der Waals surface area contributed by atoms with Crippen LogP contribution in [0.3, 0.4) is 0 Å². The van der Waals surface area contributed by atoms with E-state index in [0.29, 0.717) is 0 Å². The second-order valence-electron chi connectivity index (χ2n) is 4.73. The van der Waals surface area contributed by atoms with E-state index in [-0.39, 0.29) is 5.54 Å². The van der Waals surface area contributed by atoms with Gasteiger partial charge in [0, 0.05) is 10.6 Å². The first-order chi connectivity index (χ1) is 6.97. The minimum atomic E-state index is -0.222. The van der Waals surface area contributed by atoms with Gasteiger partial charge in [-0.15, -0.1) is 0 Å². The van der Waals surface area contributed by atoms with Crippen molar-refractivity contribution in [2.45, 2.75) is 32.2 Å². The second-order valence-corrected chi connectivity index (χ2v) is 5.17. The molecule has 1 nitrogen and oxygen atoms in total. The van der Waals surface area contributed by atoms with E-state index in [4.69, 9.17) is 17.3 Å². The molecule has 0 spiro atoms. The van der Waals surface area contributed by atoms with Crippen molar-refractivity contribution >= 4 is 17.7 Å². The largest absolute Gasteiger partial charge is 0.322 e. The Morgan fingerprint density at radius 2 is 2.00 bits per heavy atom. The van der Waals surface area contributed by atoms with Crippen LogP contribution >= 0.6 is 11.6 Å². The van der Waals surface area contributed by atoms with Gasteiger partial charge in [0.05, 0.1) is 0 Å². The average Bonchev–Trinajstić information content (AvgIpc) is 2.15. The highest BCUT2D eigenvalue weighted by Gasteiger charge is 2.21. The van der Waals surface area contributed by atoms with E-state index in [1.165, 1.54) is 16.7 Å². The van der Waals surface area contributed by atoms with Crippen LogP contribution in [0.25, 0.3) is 6.08 Å². The van der Waals surface area contributed by atoms with Gasteiger partial charge in [0.25, 0.3) is 0 Å². The molecule has 0 bridgehead atoms. The number of fused-ring (bicyclic) bond motifs is 1. The van der Waals surface area contributed by atoms with Crippen molar-refractivity contribution in [3.8, 4) is 0 Å². The lowest BCUT2D eigenvalue weighted by molar-refractivity contribution is 0.583. The summed E-state index contributed by atoms with van der Waals surface area (Å²) in [5.41, 5.74) is 9.78. The van der Waals surface area contributed by atoms with Gasteiger partial charge in [0.15, 0.2) is 0 Å². The summed E-state index contributed by atoms with van der Waals surface area (Å²) in [5.74, 6) is 0. The quantitative estimate of drug-likeness (QED) is 0.773. The highest BCUT2D eigenvalue weighted by atomic mass is 35.5. The summed E-state index contributed by atoms with van der Waals surface area (Å²) in [6, 6.07) is 6.07. The first kappa shape index (κ1) is 10.7. The molecule has 0 saturated carbocycles. The number of halogens is 1. The van der Waals surface area contributed by atoms with Gasteiger partial charge in [0.2, 0.25) is 0 Å². The normalized spacial score (nSPS) is 15.9. The molecule has 80 valence electrons. The second kappa shape index (κ2) is 3.66. The third-order valence-electron chi connectivity index (χ3n) is 2.93. The molecule has 0 heterocycles. The van der Waals surface area contributed by atoms with E-state index < -0.39 is 0 Å². The molecule has 1 aromatic carbocycles. The lowest BCUT2D eigenvalue weighted by Crippen LogP contribution is -2.35. The lowest BCUT2D eigenvalue weighted by Gasteiger charge is -2.27. The molecular formula is C13H16ClN. The predicted molar refractivity (Wildman–Crippen MR) is 66.0 cm³/mol. The number of hydrogen-bond acceptors (Lipinski definition) is 1. The molecule has 0 amide bonds. The summed E-state index contributed by atoms with van der Waals surface area (Å²) in [6.45, 7) is 4.10. The van der Waals surface area contributed by atoms with Gasteiger partial charge in [-0.1, -0.05) is 29.3 Å². The minimum absolute atomic E-state index is 0.222. The molecule has 15 heavy (non-hydrogen) atoms. The van der Waals surface area contributed by atoms with Gasteiger partial charge in [-0.25, -0.2) is 0 Å². The van der Waals surface area contributed by atoms with Crippen molar-refractivity contribution in [1.29, 1.82) is 0 Å². The van der Waals surface area contributed by atoms with Gasteiger partial charge >= 0.3 is 0 Å². The van der Waals surface area contributed by atoms with Gasteiger partial charge < -0.3 is 5.73 Å². The Kier molecular flexibility index (Phi) is 2.61. The first-order valence-electron chi connectivity index (χ1n) is 5.25. The summed E-state index contributed by atoms with van der Waals surface area (Å²) in [6.07, 6.45) is 4.31. The van der Waals surface area contributed by atoms with E-state index in [2.05, 4.69) is 12.1 Å². The molecule has 0 aromatic heterocycles. The van der Waals surface area contributed by atoms with Gasteiger partial charge in [-0.2, -0.15) is 0 Å². The number of nitrogens with two attached hydrogens (primary N) is 1. The molecular weight excluding hydrogens is 206 g/mol. The summed E-state index contributed by atoms with van der Waals surface area (Å²) in [7, 11) is 0. The molecule has 0 unspecified atom stereocenters. The molecule has 0 aliphatic heterocycles. The topological polar surface area (TPSA) is 26.0 Å². The number of rotatable bonds is 1. The van der Waals surface area contributed by atoms with Crippen LogP contribution in [0.2, 0.25) is 5.02 Å². The Bertz CT molecular complexity index is 413. The van der Waals surface area contributed by atoms with Gasteiger partial charge in [-0.3, -0.25) is 0 Å². The van der Waals surface area contributed by atoms with Crippen LogP contribution in [0.15, 0.2) is 23.8 Å². The van der Waals surface area contributed by atoms with Crippen molar-refractivity contribution in [3.63, 3.8) is 0 Å². The Morgan fingerprint density at radius 3 is 2.67 bits per heavy atom. The van der Waals surface area contributed by atoms with Crippen molar-refractivity contribution in [2.75, 3.05) is 0 Å². The van der Waals surface area contributed by atoms with Crippen molar-refractivity contribution < 1.29 is 0 Å². The van der Waals surface area contributed by atoms with Gasteiger partial charge in [0.1, 0.15) is 0 Å². The molecule has 0 atom stereocenters. The number of aryl methyl sites for hydroxylation is 1. The summed E-state index contributed by atoms with van der Waals surface area (Å²) >= 11 is 5.98. The van der Waals surface area contributed by atoms with Crippen LogP contribution in [0, 0.1) is 0 Å². The maximum atomic E-state index is 6.10. The van der Waals surface area contributed by atoms with E-state index >= 15 is 0 Å². The van der Waals surface area contributed by atoms with Crippen molar-refractivity contribution in [1.82, 2.24) is 0 Å². The molecule has 2 rings (SSSR count). The zero-order valence-electron chi connectivity index (χ0n) is 9.18. The fourth-order valence-corrected chi connectivity index (χ4v) is 2.15. The van der Waals surface area contributed by atoms with Crippen LogP contribution in [0.5, 0.6) is 0 Å². The van der Waals surface area contributed by atoms with Crippen molar-refractivity contribution in [3.05, 3.63) is 39.9 Å². The van der Waals surface area contributed by atoms with Crippen molar-refractivity contribution in [2.24, 2.45) is 5.73 Å². The number of hydrogen-bond donors (Lipinski definition) is 1. The predicted octanol–water partition coefficient (Wildman–Crippen LogP) is 3.41. The van der Waals surface area contributed by atoms with Crippen LogP contribution < -0.4 is 5.73 Å². The first-order valence-corrected chi connectivity index (χ1v) is 5.63. The summed E-state index contributed by atoms with van der Waals surface area (Å²) in [4.78, 5) is 0. The summed E-state index contributed by atoms with van der Waals surface area (Å²) in [5, 5.41) is 0.793. The van der Waals surface area contributed by atoms with Gasteiger partial charge in [-0.05, 0) is 49.9 Å². The Labute approximate surface area is 95.9 Å². The Hall–Kier alpha value is -0.790. The minimum Gasteiger partial charge on any atom is -0.322 e. The lowest BCUT2D eigenvalue weighted by atomic mass is 9.83. The Morgan fingerprint density at radius 1 is 1.27 bits per heavy atom. The fourth-order valence-electron chi connectivity index (χ4n) is 1.97. The third kappa shape index (κ3) is 2.24. The van der Waals surface area contributed by atoms with E-state index in [9.17, 15) is 0 Å². The van der Waals surface area contributed by atoms with Crippen LogP contribution in [0.4, 0.5) is 0 Å². The third-order valence-corrected chi connectivity index (χ3v) is 3.16. The van der Waals surface area contributed by atoms with E-state index in [1.54, 1.807) is 0 Å². The smallest absolute Gasteiger partial charge is 0.0412 e. The average molecular weight is 222 g/mol. The SMILES string of the molecule is CC(C)(N)C1=Cc2cc(Cl)ccc2CC1. The molecule has 0 saturated heterocycles. The van der Waals surface area contributed by atoms with Crippen LogP contribution in [0.1, 0.15) is 31.4 Å². The van der Waals surface area contributed by atoms with E-state index in [0.717, 1.165) is 17.9 Å². The fraction of sp³-hybridized carbons (Fsp3) is 0.385. The van der Waals surface area contributed by atoms with E-state index in [1.807, 2.05) is 26.0 Å². The summed E-state index contributed by atoms with van der Waals surface area (Å²) < 4.78 is 0. The highest BCUT2D eigenvalue weighted by molar-refractivity contribution is 6.30. The molecule has 0 radical (unpaired) electrons. The molecule has 2 N–H and O–H groups in total. The zero-order chi connectivity index (χ0) is 11.1. The zero-order valence-corrected chi connectivity index (χ0v) is 9.93. The molecule has 1 aromatic rings. The number of benzene rings is 1. The molecule has 0 fully saturated rings. The highest BCUT2D eigenvalue weighted by Crippen LogP contribution is 2.30. The standard InChI is InChI=1S/C13H16ClN/c1-13(2,15)11-5-3-9-4-6-12(14)8-10(9)7-11/h4,6-8H,3,5,15H2,1-2H3. The maximum Gasteiger partial charge on any atom is 0.0412 e.